The average molecular weight is 446 g/mol. The van der Waals surface area contributed by atoms with Gasteiger partial charge in [-0.05, 0) is 39.2 Å². The number of nitrogens with one attached hydrogen (secondary N) is 1. The van der Waals surface area contributed by atoms with Gasteiger partial charge in [0.2, 0.25) is 0 Å². The van der Waals surface area contributed by atoms with Crippen molar-refractivity contribution in [2.45, 2.75) is 70.6 Å². The van der Waals surface area contributed by atoms with Crippen molar-refractivity contribution >= 4 is 18.1 Å². The van der Waals surface area contributed by atoms with Gasteiger partial charge in [0.05, 0.1) is 0 Å². The standard InChI is InChI=1S/C24H35N3O5/c1-23(2,3)32-22(30)27-16-14-26(15-17-27)21(29)25-24(12-8-5-9-13-24)20(28)31-18-19-10-6-4-7-11-19/h4,6-7,10-11H,5,8-9,12-18H2,1-3H3,(H,25,29). The first-order valence-electron chi connectivity index (χ1n) is 11.4. The molecule has 3 rings (SSSR count). The quantitative estimate of drug-likeness (QED) is 0.714. The molecule has 1 saturated heterocycles. The van der Waals surface area contributed by atoms with Crippen molar-refractivity contribution in [3.05, 3.63) is 35.9 Å². The number of benzene rings is 1. The Hall–Kier alpha value is -2.77. The summed E-state index contributed by atoms with van der Waals surface area (Å²) in [7, 11) is 0. The summed E-state index contributed by atoms with van der Waals surface area (Å²) in [5, 5.41) is 3.00. The second-order valence-corrected chi connectivity index (χ2v) is 9.59. The summed E-state index contributed by atoms with van der Waals surface area (Å²) in [6.07, 6.45) is 3.55. The average Bonchev–Trinajstić information content (AvgIpc) is 2.77. The zero-order valence-electron chi connectivity index (χ0n) is 19.4. The predicted molar refractivity (Wildman–Crippen MR) is 120 cm³/mol. The number of hydrogen-bond acceptors (Lipinski definition) is 5. The Kier molecular flexibility index (Phi) is 7.64. The number of esters is 1. The van der Waals surface area contributed by atoms with Gasteiger partial charge in [0.25, 0.3) is 0 Å². The second-order valence-electron chi connectivity index (χ2n) is 9.59. The Morgan fingerprint density at radius 3 is 2.12 bits per heavy atom. The number of carbonyl (C=O) groups excluding carboxylic acids is 3. The van der Waals surface area contributed by atoms with Crippen LogP contribution in [0, 0.1) is 0 Å². The number of urea groups is 1. The smallest absolute Gasteiger partial charge is 0.410 e. The molecule has 1 aliphatic heterocycles. The number of hydrogen-bond donors (Lipinski definition) is 1. The van der Waals surface area contributed by atoms with Gasteiger partial charge in [-0.1, -0.05) is 49.6 Å². The molecule has 0 aromatic heterocycles. The van der Waals surface area contributed by atoms with Gasteiger partial charge in [-0.25, -0.2) is 14.4 Å². The third-order valence-corrected chi connectivity index (χ3v) is 5.88. The van der Waals surface area contributed by atoms with Crippen LogP contribution in [0.15, 0.2) is 30.3 Å². The Balaban J connectivity index is 1.57. The second kappa shape index (κ2) is 10.2. The molecular weight excluding hydrogens is 410 g/mol. The van der Waals surface area contributed by atoms with Gasteiger partial charge in [-0.15, -0.1) is 0 Å². The van der Waals surface area contributed by atoms with Crippen LogP contribution in [0.1, 0.15) is 58.4 Å². The van der Waals surface area contributed by atoms with Crippen LogP contribution in [0.5, 0.6) is 0 Å². The van der Waals surface area contributed by atoms with Gasteiger partial charge in [0.15, 0.2) is 0 Å². The van der Waals surface area contributed by atoms with E-state index in [1.165, 1.54) is 0 Å². The lowest BCUT2D eigenvalue weighted by Gasteiger charge is -2.40. The topological polar surface area (TPSA) is 88.2 Å². The predicted octanol–water partition coefficient (Wildman–Crippen LogP) is 3.70. The van der Waals surface area contributed by atoms with E-state index in [0.717, 1.165) is 24.8 Å². The summed E-state index contributed by atoms with van der Waals surface area (Å²) >= 11 is 0. The molecule has 0 spiro atoms. The molecule has 0 radical (unpaired) electrons. The van der Waals surface area contributed by atoms with Crippen LogP contribution in [-0.4, -0.2) is 65.2 Å². The van der Waals surface area contributed by atoms with E-state index in [1.807, 2.05) is 51.1 Å². The number of carbonyl (C=O) groups is 3. The minimum absolute atomic E-state index is 0.186. The molecule has 2 fully saturated rings. The fraction of sp³-hybridized carbons (Fsp3) is 0.625. The lowest BCUT2D eigenvalue weighted by molar-refractivity contribution is -0.154. The molecular formula is C24H35N3O5. The van der Waals surface area contributed by atoms with Gasteiger partial charge in [0.1, 0.15) is 17.7 Å². The normalized spacial score (nSPS) is 18.6. The third-order valence-electron chi connectivity index (χ3n) is 5.88. The molecule has 8 heteroatoms. The molecule has 1 aliphatic carbocycles. The zero-order chi connectivity index (χ0) is 23.2. The minimum Gasteiger partial charge on any atom is -0.459 e. The zero-order valence-corrected chi connectivity index (χ0v) is 19.4. The van der Waals surface area contributed by atoms with Crippen LogP contribution in [-0.2, 0) is 20.9 Å². The van der Waals surface area contributed by atoms with E-state index in [0.29, 0.717) is 39.0 Å². The maximum absolute atomic E-state index is 13.1. The summed E-state index contributed by atoms with van der Waals surface area (Å²) in [6.45, 7) is 7.24. The van der Waals surface area contributed by atoms with E-state index in [9.17, 15) is 14.4 Å². The van der Waals surface area contributed by atoms with Crippen LogP contribution in [0.3, 0.4) is 0 Å². The minimum atomic E-state index is -0.994. The molecule has 3 amide bonds. The Labute approximate surface area is 190 Å². The summed E-state index contributed by atoms with van der Waals surface area (Å²) in [6, 6.07) is 9.24. The monoisotopic (exact) mass is 445 g/mol. The Morgan fingerprint density at radius 2 is 1.53 bits per heavy atom. The fourth-order valence-corrected chi connectivity index (χ4v) is 4.10. The van der Waals surface area contributed by atoms with Crippen LogP contribution in [0.4, 0.5) is 9.59 Å². The maximum Gasteiger partial charge on any atom is 0.410 e. The van der Waals surface area contributed by atoms with Crippen LogP contribution in [0.25, 0.3) is 0 Å². The molecule has 1 N–H and O–H groups in total. The SMILES string of the molecule is CC(C)(C)OC(=O)N1CCN(C(=O)NC2(C(=O)OCc3ccccc3)CCCCC2)CC1. The van der Waals surface area contributed by atoms with Gasteiger partial charge in [0, 0.05) is 26.2 Å². The van der Waals surface area contributed by atoms with Crippen molar-refractivity contribution in [1.82, 2.24) is 15.1 Å². The molecule has 1 saturated carbocycles. The summed E-state index contributed by atoms with van der Waals surface area (Å²) in [5.74, 6) is -0.373. The first kappa shape index (κ1) is 23.9. The Bertz CT molecular complexity index is 792. The van der Waals surface area contributed by atoms with Crippen molar-refractivity contribution in [3.8, 4) is 0 Å². The lowest BCUT2D eigenvalue weighted by Crippen LogP contribution is -2.61. The number of piperazine rings is 1. The molecule has 1 heterocycles. The number of amides is 3. The van der Waals surface area contributed by atoms with Crippen LogP contribution < -0.4 is 5.32 Å². The fourth-order valence-electron chi connectivity index (χ4n) is 4.10. The van der Waals surface area contributed by atoms with Crippen molar-refractivity contribution in [2.75, 3.05) is 26.2 Å². The van der Waals surface area contributed by atoms with Gasteiger partial charge >= 0.3 is 18.1 Å². The molecule has 2 aliphatic rings. The van der Waals surface area contributed by atoms with Gasteiger partial charge in [-0.3, -0.25) is 0 Å². The van der Waals surface area contributed by atoms with E-state index in [-0.39, 0.29) is 24.7 Å². The van der Waals surface area contributed by atoms with Crippen molar-refractivity contribution in [3.63, 3.8) is 0 Å². The summed E-state index contributed by atoms with van der Waals surface area (Å²) < 4.78 is 11.0. The Morgan fingerprint density at radius 1 is 0.938 bits per heavy atom. The number of rotatable bonds is 4. The van der Waals surface area contributed by atoms with Crippen LogP contribution in [0.2, 0.25) is 0 Å². The van der Waals surface area contributed by atoms with Crippen molar-refractivity contribution in [1.29, 1.82) is 0 Å². The highest BCUT2D eigenvalue weighted by molar-refractivity contribution is 5.87. The van der Waals surface area contributed by atoms with Crippen molar-refractivity contribution in [2.24, 2.45) is 0 Å². The summed E-state index contributed by atoms with van der Waals surface area (Å²) in [4.78, 5) is 41.6. The molecule has 1 aromatic rings. The molecule has 32 heavy (non-hydrogen) atoms. The largest absolute Gasteiger partial charge is 0.459 e. The molecule has 1 aromatic carbocycles. The van der Waals surface area contributed by atoms with E-state index in [1.54, 1.807) is 9.80 Å². The summed E-state index contributed by atoms with van der Waals surface area (Å²) in [5.41, 5.74) is -0.637. The van der Waals surface area contributed by atoms with E-state index in [2.05, 4.69) is 5.32 Å². The highest BCUT2D eigenvalue weighted by atomic mass is 16.6. The lowest BCUT2D eigenvalue weighted by atomic mass is 9.81. The van der Waals surface area contributed by atoms with E-state index < -0.39 is 11.1 Å². The third kappa shape index (κ3) is 6.37. The molecule has 0 bridgehead atoms. The first-order valence-corrected chi connectivity index (χ1v) is 11.4. The molecule has 176 valence electrons. The highest BCUT2D eigenvalue weighted by Gasteiger charge is 2.43. The molecule has 8 nitrogen and oxygen atoms in total. The van der Waals surface area contributed by atoms with E-state index >= 15 is 0 Å². The number of ether oxygens (including phenoxy) is 2. The van der Waals surface area contributed by atoms with Crippen molar-refractivity contribution < 1.29 is 23.9 Å². The van der Waals surface area contributed by atoms with Gasteiger partial charge in [-0.2, -0.15) is 0 Å². The number of nitrogens with zero attached hydrogens (tertiary/aromatic N) is 2. The van der Waals surface area contributed by atoms with Crippen LogP contribution >= 0.6 is 0 Å². The maximum atomic E-state index is 13.1. The van der Waals surface area contributed by atoms with E-state index in [4.69, 9.17) is 9.47 Å². The first-order chi connectivity index (χ1) is 15.2. The molecule has 0 unspecified atom stereocenters. The highest BCUT2D eigenvalue weighted by Crippen LogP contribution is 2.30. The molecule has 0 atom stereocenters. The van der Waals surface area contributed by atoms with Gasteiger partial charge < -0.3 is 24.6 Å².